The Morgan fingerprint density at radius 1 is 1.24 bits per heavy atom. The molecule has 0 aliphatic carbocycles. The molecule has 2 aliphatic heterocycles. The van der Waals surface area contributed by atoms with Crippen LogP contribution in [-0.2, 0) is 32.6 Å². The Hall–Kier alpha value is -0.510. The fourth-order valence-electron chi connectivity index (χ4n) is 3.47. The Balaban J connectivity index is 2.02. The van der Waals surface area contributed by atoms with Crippen LogP contribution in [0.5, 0.6) is 0 Å². The van der Waals surface area contributed by atoms with E-state index in [-0.39, 0.29) is 43.2 Å². The fraction of sp³-hybridized carbons (Fsp3) is 0.895. The molecule has 9 nitrogen and oxygen atoms in total. The number of rotatable bonds is 10. The van der Waals surface area contributed by atoms with Gasteiger partial charge in [0.2, 0.25) is 5.79 Å². The van der Waals surface area contributed by atoms with Gasteiger partial charge in [-0.15, -0.1) is 0 Å². The molecule has 2 saturated heterocycles. The average molecular weight is 437 g/mol. The van der Waals surface area contributed by atoms with Crippen LogP contribution in [0.25, 0.3) is 0 Å². The van der Waals surface area contributed by atoms with Crippen LogP contribution in [0, 0.1) is 0 Å². The normalized spacial score (nSPS) is 37.2. The molecule has 2 aliphatic rings. The number of aliphatic hydroxyl groups is 1. The molecule has 0 amide bonds. The summed E-state index contributed by atoms with van der Waals surface area (Å²) in [5.41, 5.74) is 0. The maximum atomic E-state index is 12.5. The summed E-state index contributed by atoms with van der Waals surface area (Å²) < 4.78 is 45.1. The summed E-state index contributed by atoms with van der Waals surface area (Å²) in [6, 6.07) is 0. The van der Waals surface area contributed by atoms with E-state index in [1.807, 2.05) is 20.8 Å². The summed E-state index contributed by atoms with van der Waals surface area (Å²) >= 11 is 0. The lowest BCUT2D eigenvalue weighted by Gasteiger charge is -2.34. The van der Waals surface area contributed by atoms with Crippen LogP contribution in [-0.4, -0.2) is 60.2 Å². The van der Waals surface area contributed by atoms with E-state index in [2.05, 4.69) is 6.58 Å². The molecule has 0 bridgehead atoms. The van der Waals surface area contributed by atoms with Crippen molar-refractivity contribution in [2.24, 2.45) is 0 Å². The second-order valence-electron chi connectivity index (χ2n) is 8.29. The minimum absolute atomic E-state index is 0.0624. The quantitative estimate of drug-likeness (QED) is 0.406. The van der Waals surface area contributed by atoms with Crippen molar-refractivity contribution in [2.45, 2.75) is 103 Å². The third kappa shape index (κ3) is 7.01. The molecule has 29 heavy (non-hydrogen) atoms. The van der Waals surface area contributed by atoms with Gasteiger partial charge in [-0.25, -0.2) is 0 Å². The average Bonchev–Trinajstić information content (AvgIpc) is 3.03. The summed E-state index contributed by atoms with van der Waals surface area (Å²) in [6.45, 7) is 14.4. The van der Waals surface area contributed by atoms with E-state index < -0.39 is 31.9 Å². The predicted molar refractivity (Wildman–Crippen MR) is 103 cm³/mol. The highest BCUT2D eigenvalue weighted by Gasteiger charge is 2.49. The van der Waals surface area contributed by atoms with Gasteiger partial charge in [-0.1, -0.05) is 6.58 Å². The van der Waals surface area contributed by atoms with Crippen LogP contribution in [0.2, 0.25) is 0 Å². The van der Waals surface area contributed by atoms with Crippen molar-refractivity contribution in [1.82, 2.24) is 0 Å². The number of hydrogen-bond acceptors (Lipinski definition) is 9. The van der Waals surface area contributed by atoms with Crippen LogP contribution in [0.1, 0.15) is 54.4 Å². The van der Waals surface area contributed by atoms with Crippen molar-refractivity contribution in [3.8, 4) is 0 Å². The van der Waals surface area contributed by atoms with Gasteiger partial charge in [-0.3, -0.25) is 4.57 Å². The van der Waals surface area contributed by atoms with Crippen LogP contribution in [0.3, 0.4) is 0 Å². The Labute approximate surface area is 172 Å². The number of phosphoric acid groups is 1. The van der Waals surface area contributed by atoms with Gasteiger partial charge in [-0.05, 0) is 41.5 Å². The van der Waals surface area contributed by atoms with Crippen molar-refractivity contribution in [3.05, 3.63) is 12.3 Å². The predicted octanol–water partition coefficient (Wildman–Crippen LogP) is 2.26. The molecule has 2 heterocycles. The molecule has 2 fully saturated rings. The maximum Gasteiger partial charge on any atom is 0.319 e. The highest BCUT2D eigenvalue weighted by atomic mass is 31.2. The number of phosphoric ester groups is 1. The Morgan fingerprint density at radius 2 is 1.90 bits per heavy atom. The highest BCUT2D eigenvalue weighted by Crippen LogP contribution is 2.48. The zero-order valence-corrected chi connectivity index (χ0v) is 18.9. The van der Waals surface area contributed by atoms with E-state index in [1.54, 1.807) is 20.8 Å². The monoisotopic (exact) mass is 437 g/mol. The van der Waals surface area contributed by atoms with Gasteiger partial charge in [-0.2, -0.15) is 0 Å². The molecule has 0 aromatic heterocycles. The van der Waals surface area contributed by atoms with Gasteiger partial charge in [0.1, 0.15) is 24.6 Å². The number of hydrogen-bond donors (Lipinski definition) is 1. The lowest BCUT2D eigenvalue weighted by Crippen LogP contribution is -2.46. The topological polar surface area (TPSA) is 116 Å². The second-order valence-corrected chi connectivity index (χ2v) is 9.58. The van der Waals surface area contributed by atoms with E-state index in [0.717, 1.165) is 0 Å². The van der Waals surface area contributed by atoms with Gasteiger partial charge in [0.25, 0.3) is 0 Å². The van der Waals surface area contributed by atoms with Crippen molar-refractivity contribution < 1.29 is 42.6 Å². The second kappa shape index (κ2) is 9.75. The van der Waals surface area contributed by atoms with Crippen molar-refractivity contribution in [3.63, 3.8) is 0 Å². The lowest BCUT2D eigenvalue weighted by molar-refractivity contribution is -0.272. The summed E-state index contributed by atoms with van der Waals surface area (Å²) in [6.07, 6.45) is -2.29. The van der Waals surface area contributed by atoms with Crippen LogP contribution >= 0.6 is 7.82 Å². The van der Waals surface area contributed by atoms with Crippen LogP contribution < -0.4 is 4.89 Å². The molecular formula is C19H34O9P-. The maximum absolute atomic E-state index is 12.5. The molecule has 7 atom stereocenters. The van der Waals surface area contributed by atoms with Gasteiger partial charge in [0.05, 0.1) is 30.5 Å². The van der Waals surface area contributed by atoms with Gasteiger partial charge in [0, 0.05) is 12.8 Å². The van der Waals surface area contributed by atoms with Crippen molar-refractivity contribution in [2.75, 3.05) is 6.61 Å². The first-order valence-electron chi connectivity index (χ1n) is 10.0. The molecule has 10 heteroatoms. The summed E-state index contributed by atoms with van der Waals surface area (Å²) in [7, 11) is -4.87. The summed E-state index contributed by atoms with van der Waals surface area (Å²) in [5.74, 6) is -2.01. The zero-order chi connectivity index (χ0) is 22.0. The molecular weight excluding hydrogens is 403 g/mol. The lowest BCUT2D eigenvalue weighted by atomic mass is 10.1. The molecule has 0 saturated carbocycles. The van der Waals surface area contributed by atoms with E-state index in [9.17, 15) is 14.6 Å². The molecule has 0 spiro atoms. The molecule has 1 unspecified atom stereocenters. The third-order valence-corrected chi connectivity index (χ3v) is 5.58. The number of ether oxygens (including phenoxy) is 4. The SMILES string of the molecule is C=C(OP(=O)([O-])O[C@@H]1C[C@H](C)O[C@]1(O)COC(C)C)[C@H]1O[C@@H](C)C[C@H]1OC(C)C. The first-order chi connectivity index (χ1) is 13.3. The molecule has 2 rings (SSSR count). The van der Waals surface area contributed by atoms with Gasteiger partial charge < -0.3 is 38.0 Å². The van der Waals surface area contributed by atoms with Gasteiger partial charge in [0.15, 0.2) is 0 Å². The first kappa shape index (κ1) is 24.8. The summed E-state index contributed by atoms with van der Waals surface area (Å²) in [5, 5.41) is 10.7. The fourth-order valence-corrected chi connectivity index (χ4v) is 4.47. The standard InChI is InChI=1S/C19H35O9P/c1-11(2)23-10-19(20)17(9-14(6)26-19)28-29(21,22)27-15(7)18-16(24-12(3)4)8-13(5)25-18/h11-14,16-18,20H,7-10H2,1-6H3,(H,21,22)/p-1/t13-,14-,16+,17+,18+,19+/m0/s1. The minimum atomic E-state index is -4.87. The Kier molecular flexibility index (Phi) is 8.32. The molecule has 0 radical (unpaired) electrons. The Morgan fingerprint density at radius 3 is 2.48 bits per heavy atom. The third-order valence-electron chi connectivity index (χ3n) is 4.61. The summed E-state index contributed by atoms with van der Waals surface area (Å²) in [4.78, 5) is 12.5. The molecule has 170 valence electrons. The van der Waals surface area contributed by atoms with Crippen molar-refractivity contribution >= 4 is 7.82 Å². The van der Waals surface area contributed by atoms with Crippen LogP contribution in [0.4, 0.5) is 0 Å². The van der Waals surface area contributed by atoms with E-state index >= 15 is 0 Å². The minimum Gasteiger partial charge on any atom is -0.746 e. The zero-order valence-electron chi connectivity index (χ0n) is 18.0. The largest absolute Gasteiger partial charge is 0.746 e. The molecule has 0 aromatic carbocycles. The van der Waals surface area contributed by atoms with E-state index in [1.165, 1.54) is 0 Å². The first-order valence-corrected chi connectivity index (χ1v) is 11.5. The van der Waals surface area contributed by atoms with Crippen molar-refractivity contribution in [1.29, 1.82) is 0 Å². The molecule has 0 aromatic rings. The molecule has 1 N–H and O–H groups in total. The van der Waals surface area contributed by atoms with E-state index in [4.69, 9.17) is 28.0 Å². The van der Waals surface area contributed by atoms with Gasteiger partial charge >= 0.3 is 7.82 Å². The highest BCUT2D eigenvalue weighted by molar-refractivity contribution is 7.46. The van der Waals surface area contributed by atoms with Crippen LogP contribution in [0.15, 0.2) is 12.3 Å². The Bertz CT molecular complexity index is 610. The smallest absolute Gasteiger partial charge is 0.319 e. The van der Waals surface area contributed by atoms with E-state index in [0.29, 0.717) is 6.42 Å².